The summed E-state index contributed by atoms with van der Waals surface area (Å²) in [7, 11) is -3.80. The van der Waals surface area contributed by atoms with Gasteiger partial charge in [0.2, 0.25) is 15.9 Å². The molecule has 0 aliphatic carbocycles. The van der Waals surface area contributed by atoms with Crippen LogP contribution in [0.2, 0.25) is 0 Å². The minimum Gasteiger partial charge on any atom is -0.352 e. The summed E-state index contributed by atoms with van der Waals surface area (Å²) in [6.45, 7) is 0.664. The molecular weight excluding hydrogens is 443 g/mol. The number of amides is 1. The summed E-state index contributed by atoms with van der Waals surface area (Å²) in [5, 5.41) is 2.91. The van der Waals surface area contributed by atoms with Crippen LogP contribution < -0.4 is 20.9 Å². The molecule has 0 aromatic heterocycles. The second-order valence-electron chi connectivity index (χ2n) is 7.84. The van der Waals surface area contributed by atoms with Gasteiger partial charge in [-0.2, -0.15) is 0 Å². The van der Waals surface area contributed by atoms with Crippen molar-refractivity contribution in [2.24, 2.45) is 5.92 Å². The Bertz CT molecular complexity index is 1220. The average molecular weight is 469 g/mol. The van der Waals surface area contributed by atoms with Gasteiger partial charge in [-0.05, 0) is 41.0 Å². The summed E-state index contributed by atoms with van der Waals surface area (Å²) >= 11 is 0. The maximum Gasteiger partial charge on any atom is 0.240 e. The first-order chi connectivity index (χ1) is 15.9. The van der Waals surface area contributed by atoms with E-state index in [-0.39, 0.29) is 35.9 Å². The predicted molar refractivity (Wildman–Crippen MR) is 123 cm³/mol. The molecule has 0 radical (unpaired) electrons. The van der Waals surface area contributed by atoms with Crippen molar-refractivity contribution in [1.82, 2.24) is 20.9 Å². The molecule has 0 bridgehead atoms. The molecule has 1 heterocycles. The van der Waals surface area contributed by atoms with Crippen molar-refractivity contribution in [2.45, 2.75) is 24.0 Å². The number of carbonyl (C=O) groups excluding carboxylic acids is 1. The van der Waals surface area contributed by atoms with Crippen molar-refractivity contribution in [2.75, 3.05) is 6.54 Å². The van der Waals surface area contributed by atoms with E-state index in [1.807, 2.05) is 30.3 Å². The fourth-order valence-electron chi connectivity index (χ4n) is 3.77. The number of carbonyl (C=O) groups is 1. The zero-order chi connectivity index (χ0) is 23.3. The highest BCUT2D eigenvalue weighted by atomic mass is 32.2. The van der Waals surface area contributed by atoms with Crippen LogP contribution in [0.25, 0.3) is 0 Å². The van der Waals surface area contributed by atoms with E-state index in [1.54, 1.807) is 18.2 Å². The van der Waals surface area contributed by atoms with E-state index in [1.165, 1.54) is 30.3 Å². The second kappa shape index (κ2) is 10.2. The molecular formula is C24H25FN4O3S. The highest BCUT2D eigenvalue weighted by molar-refractivity contribution is 7.89. The lowest BCUT2D eigenvalue weighted by atomic mass is 9.94. The topological polar surface area (TPSA) is 99.3 Å². The standard InChI is InChI=1S/C24H25FN4O3S/c25-20-10-4-6-17(12-20)15-28-33(31,32)21-11-5-7-18(13-21)14-26-24(30)22-16-27-29-23(22)19-8-2-1-3-9-19/h1-13,22-23,27-29H,14-16H2,(H,26,30). The van der Waals surface area contributed by atoms with E-state index in [0.29, 0.717) is 17.7 Å². The fraction of sp³-hybridized carbons (Fsp3) is 0.208. The molecule has 1 aliphatic rings. The minimum atomic E-state index is -3.80. The van der Waals surface area contributed by atoms with Crippen LogP contribution in [0.3, 0.4) is 0 Å². The Kier molecular flexibility index (Phi) is 7.14. The van der Waals surface area contributed by atoms with Crippen LogP contribution in [0, 0.1) is 11.7 Å². The summed E-state index contributed by atoms with van der Waals surface area (Å²) in [5.74, 6) is -0.849. The zero-order valence-corrected chi connectivity index (χ0v) is 18.6. The maximum atomic E-state index is 13.3. The van der Waals surface area contributed by atoms with E-state index in [2.05, 4.69) is 20.9 Å². The van der Waals surface area contributed by atoms with Crippen molar-refractivity contribution in [3.8, 4) is 0 Å². The van der Waals surface area contributed by atoms with Gasteiger partial charge in [-0.15, -0.1) is 0 Å². The Morgan fingerprint density at radius 1 is 0.939 bits per heavy atom. The summed E-state index contributed by atoms with van der Waals surface area (Å²) in [4.78, 5) is 12.9. The van der Waals surface area contributed by atoms with Gasteiger partial charge in [-0.3, -0.25) is 10.2 Å². The molecule has 1 saturated heterocycles. The third kappa shape index (κ3) is 5.82. The monoisotopic (exact) mass is 468 g/mol. The molecule has 4 rings (SSSR count). The zero-order valence-electron chi connectivity index (χ0n) is 17.8. The predicted octanol–water partition coefficient (Wildman–Crippen LogP) is 2.39. The van der Waals surface area contributed by atoms with Gasteiger partial charge in [0.1, 0.15) is 5.82 Å². The second-order valence-corrected chi connectivity index (χ2v) is 9.61. The van der Waals surface area contributed by atoms with Crippen molar-refractivity contribution >= 4 is 15.9 Å². The smallest absolute Gasteiger partial charge is 0.240 e. The van der Waals surface area contributed by atoms with E-state index >= 15 is 0 Å². The molecule has 2 unspecified atom stereocenters. The summed E-state index contributed by atoms with van der Waals surface area (Å²) in [6, 6.07) is 21.7. The molecule has 2 atom stereocenters. The molecule has 172 valence electrons. The molecule has 4 N–H and O–H groups in total. The lowest BCUT2D eigenvalue weighted by Crippen LogP contribution is -2.34. The van der Waals surface area contributed by atoms with E-state index in [9.17, 15) is 17.6 Å². The van der Waals surface area contributed by atoms with Gasteiger partial charge >= 0.3 is 0 Å². The Morgan fingerprint density at radius 3 is 2.42 bits per heavy atom. The van der Waals surface area contributed by atoms with Crippen molar-refractivity contribution in [3.63, 3.8) is 0 Å². The Hall–Kier alpha value is -3.11. The highest BCUT2D eigenvalue weighted by Gasteiger charge is 2.33. The largest absolute Gasteiger partial charge is 0.352 e. The molecule has 0 saturated carbocycles. The maximum absolute atomic E-state index is 13.3. The van der Waals surface area contributed by atoms with Crippen LogP contribution in [0.5, 0.6) is 0 Å². The van der Waals surface area contributed by atoms with Crippen LogP contribution in [0.1, 0.15) is 22.7 Å². The van der Waals surface area contributed by atoms with Gasteiger partial charge in [0.15, 0.2) is 0 Å². The average Bonchev–Trinajstić information content (AvgIpc) is 3.32. The highest BCUT2D eigenvalue weighted by Crippen LogP contribution is 2.25. The number of halogens is 1. The Morgan fingerprint density at radius 2 is 1.67 bits per heavy atom. The molecule has 9 heteroatoms. The number of rotatable bonds is 8. The Balaban J connectivity index is 1.38. The SMILES string of the molecule is O=C(NCc1cccc(S(=O)(=O)NCc2cccc(F)c2)c1)C1CNNC1c1ccccc1. The molecule has 1 fully saturated rings. The summed E-state index contributed by atoms with van der Waals surface area (Å²) < 4.78 is 41.2. The first-order valence-electron chi connectivity index (χ1n) is 10.6. The number of hydrogen-bond donors (Lipinski definition) is 4. The van der Waals surface area contributed by atoms with E-state index in [4.69, 9.17) is 0 Å². The summed E-state index contributed by atoms with van der Waals surface area (Å²) in [5.41, 5.74) is 8.37. The van der Waals surface area contributed by atoms with Crippen LogP contribution in [0.4, 0.5) is 4.39 Å². The normalized spacial score (nSPS) is 18.2. The quantitative estimate of drug-likeness (QED) is 0.407. The Labute approximate surface area is 192 Å². The van der Waals surface area contributed by atoms with Gasteiger partial charge in [0.25, 0.3) is 0 Å². The van der Waals surface area contributed by atoms with Gasteiger partial charge in [0, 0.05) is 19.6 Å². The van der Waals surface area contributed by atoms with Gasteiger partial charge in [0.05, 0.1) is 16.9 Å². The molecule has 7 nitrogen and oxygen atoms in total. The molecule has 1 amide bonds. The van der Waals surface area contributed by atoms with Gasteiger partial charge in [-0.1, -0.05) is 54.6 Å². The van der Waals surface area contributed by atoms with Crippen LogP contribution >= 0.6 is 0 Å². The number of hydrazine groups is 1. The van der Waals surface area contributed by atoms with E-state index < -0.39 is 15.8 Å². The van der Waals surface area contributed by atoms with Crippen molar-refractivity contribution in [3.05, 3.63) is 101 Å². The molecule has 33 heavy (non-hydrogen) atoms. The summed E-state index contributed by atoms with van der Waals surface area (Å²) in [6.07, 6.45) is 0. The number of hydrogen-bond acceptors (Lipinski definition) is 5. The van der Waals surface area contributed by atoms with Crippen LogP contribution in [-0.2, 0) is 27.9 Å². The first-order valence-corrected chi connectivity index (χ1v) is 12.0. The third-order valence-corrected chi connectivity index (χ3v) is 6.91. The fourth-order valence-corrected chi connectivity index (χ4v) is 4.86. The lowest BCUT2D eigenvalue weighted by Gasteiger charge is -2.18. The molecule has 0 spiro atoms. The lowest BCUT2D eigenvalue weighted by molar-refractivity contribution is -0.125. The number of benzene rings is 3. The van der Waals surface area contributed by atoms with Crippen molar-refractivity contribution in [1.29, 1.82) is 0 Å². The van der Waals surface area contributed by atoms with Crippen molar-refractivity contribution < 1.29 is 17.6 Å². The van der Waals surface area contributed by atoms with E-state index in [0.717, 1.165) is 5.56 Å². The minimum absolute atomic E-state index is 0.0242. The molecule has 1 aliphatic heterocycles. The molecule has 3 aromatic rings. The first kappa shape index (κ1) is 23.1. The molecule has 3 aromatic carbocycles. The van der Waals surface area contributed by atoms with Gasteiger partial charge in [-0.25, -0.2) is 23.0 Å². The number of nitrogens with one attached hydrogen (secondary N) is 4. The van der Waals surface area contributed by atoms with Gasteiger partial charge < -0.3 is 5.32 Å². The number of sulfonamides is 1. The van der Waals surface area contributed by atoms with Crippen LogP contribution in [-0.4, -0.2) is 20.9 Å². The van der Waals surface area contributed by atoms with Crippen LogP contribution in [0.15, 0.2) is 83.8 Å². The third-order valence-electron chi connectivity index (χ3n) is 5.51.